The Labute approximate surface area is 158 Å². The van der Waals surface area contributed by atoms with Gasteiger partial charge in [-0.1, -0.05) is 0 Å². The van der Waals surface area contributed by atoms with E-state index in [1.54, 1.807) is 25.3 Å². The van der Waals surface area contributed by atoms with E-state index >= 15 is 0 Å². The lowest BCUT2D eigenvalue weighted by Gasteiger charge is -2.28. The van der Waals surface area contributed by atoms with Crippen molar-refractivity contribution in [1.82, 2.24) is 19.6 Å². The zero-order chi connectivity index (χ0) is 19.6. The maximum Gasteiger partial charge on any atom is 0.332 e. The highest BCUT2D eigenvalue weighted by atomic mass is 32.2. The van der Waals surface area contributed by atoms with Crippen LogP contribution in [0.15, 0.2) is 29.4 Å². The van der Waals surface area contributed by atoms with Gasteiger partial charge in [-0.05, 0) is 37.9 Å². The summed E-state index contributed by atoms with van der Waals surface area (Å²) in [5, 5.41) is 14.1. The molecule has 0 saturated heterocycles. The number of halogens is 1. The first kappa shape index (κ1) is 18.6. The average molecular weight is 386 g/mol. The lowest BCUT2D eigenvalue weighted by Crippen LogP contribution is -2.41. The van der Waals surface area contributed by atoms with E-state index in [9.17, 15) is 14.0 Å². The predicted octanol–water partition coefficient (Wildman–Crippen LogP) is 2.53. The quantitative estimate of drug-likeness (QED) is 0.781. The summed E-state index contributed by atoms with van der Waals surface area (Å²) in [6, 6.07) is 3.39. The second kappa shape index (κ2) is 7.59. The summed E-state index contributed by atoms with van der Waals surface area (Å²) in [4.78, 5) is 33.3. The van der Waals surface area contributed by atoms with Crippen molar-refractivity contribution < 1.29 is 14.0 Å². The number of aryl methyl sites for hydroxylation is 1. The summed E-state index contributed by atoms with van der Waals surface area (Å²) >= 11 is 1.12. The number of rotatable bonds is 4. The molecule has 0 bridgehead atoms. The molecule has 1 atom stereocenters. The number of carbonyl (C=O) groups is 2. The standard InChI is InChI=1S/C17H15FN6O2S/c1-9(15-12(18)5-11(6-19)7-21-15)22-14(25)8-24-17(26)23-13-3-4-20-10(2)16(13)27-24/h3-5,7,9H,8H2,1-2H3,(H,22,25)(H,23,26)/t9-/m0/s1. The van der Waals surface area contributed by atoms with Crippen LogP contribution < -0.4 is 10.6 Å². The SMILES string of the molecule is Cc1nccc2c1SN(CC(=O)N[C@@H](C)c1ncc(C#N)cc1F)C(=O)N2. The Balaban J connectivity index is 1.66. The fourth-order valence-electron chi connectivity index (χ4n) is 2.51. The Morgan fingerprint density at radius 2 is 2.30 bits per heavy atom. The van der Waals surface area contributed by atoms with Crippen molar-refractivity contribution in [2.24, 2.45) is 0 Å². The lowest BCUT2D eigenvalue weighted by molar-refractivity contribution is -0.121. The molecule has 2 N–H and O–H groups in total. The molecule has 27 heavy (non-hydrogen) atoms. The molecule has 3 amide bonds. The van der Waals surface area contributed by atoms with Crippen LogP contribution in [0, 0.1) is 24.1 Å². The van der Waals surface area contributed by atoms with Gasteiger partial charge in [-0.2, -0.15) is 5.26 Å². The summed E-state index contributed by atoms with van der Waals surface area (Å²) < 4.78 is 15.3. The van der Waals surface area contributed by atoms with Crippen LogP contribution in [-0.2, 0) is 4.79 Å². The molecule has 0 fully saturated rings. The van der Waals surface area contributed by atoms with Gasteiger partial charge < -0.3 is 10.6 Å². The van der Waals surface area contributed by atoms with E-state index < -0.39 is 23.8 Å². The van der Waals surface area contributed by atoms with E-state index in [4.69, 9.17) is 5.26 Å². The third-order valence-corrected chi connectivity index (χ3v) is 5.04. The number of anilines is 1. The van der Waals surface area contributed by atoms with Crippen molar-refractivity contribution in [3.05, 3.63) is 47.3 Å². The molecule has 8 nitrogen and oxygen atoms in total. The highest BCUT2D eigenvalue weighted by Gasteiger charge is 2.28. The van der Waals surface area contributed by atoms with Gasteiger partial charge in [0.2, 0.25) is 5.91 Å². The second-order valence-corrected chi connectivity index (χ2v) is 6.85. The smallest absolute Gasteiger partial charge is 0.332 e. The Kier molecular flexibility index (Phi) is 5.23. The number of urea groups is 1. The predicted molar refractivity (Wildman–Crippen MR) is 96.0 cm³/mol. The Hall–Kier alpha value is -3.19. The van der Waals surface area contributed by atoms with Crippen LogP contribution in [0.5, 0.6) is 0 Å². The van der Waals surface area contributed by atoms with Crippen molar-refractivity contribution in [1.29, 1.82) is 5.26 Å². The van der Waals surface area contributed by atoms with Crippen LogP contribution in [0.3, 0.4) is 0 Å². The molecule has 0 radical (unpaired) electrons. The maximum absolute atomic E-state index is 14.0. The first-order valence-corrected chi connectivity index (χ1v) is 8.73. The van der Waals surface area contributed by atoms with Gasteiger partial charge in [0.25, 0.3) is 0 Å². The van der Waals surface area contributed by atoms with E-state index in [-0.39, 0.29) is 17.8 Å². The van der Waals surface area contributed by atoms with Gasteiger partial charge >= 0.3 is 6.03 Å². The highest BCUT2D eigenvalue weighted by Crippen LogP contribution is 2.36. The molecule has 0 aromatic carbocycles. The minimum atomic E-state index is -0.723. The number of carbonyl (C=O) groups excluding carboxylic acids is 2. The topological polar surface area (TPSA) is 111 Å². The van der Waals surface area contributed by atoms with Crippen molar-refractivity contribution in [3.8, 4) is 6.07 Å². The van der Waals surface area contributed by atoms with Gasteiger partial charge in [0.1, 0.15) is 18.4 Å². The third kappa shape index (κ3) is 3.98. The largest absolute Gasteiger partial charge is 0.346 e. The number of nitrogens with zero attached hydrogens (tertiary/aromatic N) is 4. The number of nitriles is 1. The zero-order valence-electron chi connectivity index (χ0n) is 14.5. The lowest BCUT2D eigenvalue weighted by atomic mass is 10.1. The summed E-state index contributed by atoms with van der Waals surface area (Å²) in [6.45, 7) is 3.15. The van der Waals surface area contributed by atoms with Gasteiger partial charge in [-0.15, -0.1) is 0 Å². The normalized spacial score (nSPS) is 14.0. The third-order valence-electron chi connectivity index (χ3n) is 3.83. The fourth-order valence-corrected chi connectivity index (χ4v) is 3.45. The summed E-state index contributed by atoms with van der Waals surface area (Å²) in [7, 11) is 0. The van der Waals surface area contributed by atoms with Crippen LogP contribution in [0.4, 0.5) is 14.9 Å². The molecule has 3 heterocycles. The minimum Gasteiger partial charge on any atom is -0.346 e. The molecule has 1 aliphatic rings. The number of hydrogen-bond acceptors (Lipinski definition) is 6. The van der Waals surface area contributed by atoms with Crippen LogP contribution in [-0.4, -0.2) is 32.8 Å². The first-order chi connectivity index (χ1) is 12.9. The van der Waals surface area contributed by atoms with Crippen molar-refractivity contribution in [2.45, 2.75) is 24.8 Å². The van der Waals surface area contributed by atoms with Crippen molar-refractivity contribution in [2.75, 3.05) is 11.9 Å². The molecule has 3 rings (SSSR count). The van der Waals surface area contributed by atoms with Crippen LogP contribution in [0.2, 0.25) is 0 Å². The van der Waals surface area contributed by atoms with Crippen molar-refractivity contribution in [3.63, 3.8) is 0 Å². The molecule has 2 aromatic rings. The van der Waals surface area contributed by atoms with E-state index in [2.05, 4.69) is 20.6 Å². The van der Waals surface area contributed by atoms with Crippen LogP contribution >= 0.6 is 11.9 Å². The summed E-state index contributed by atoms with van der Waals surface area (Å²) in [6.07, 6.45) is 2.83. The number of fused-ring (bicyclic) bond motifs is 1. The van der Waals surface area contributed by atoms with E-state index in [1.165, 1.54) is 10.5 Å². The molecule has 138 valence electrons. The van der Waals surface area contributed by atoms with E-state index in [0.717, 1.165) is 28.6 Å². The van der Waals surface area contributed by atoms with Gasteiger partial charge in [0, 0.05) is 12.4 Å². The molecule has 0 spiro atoms. The van der Waals surface area contributed by atoms with Crippen molar-refractivity contribution >= 4 is 29.6 Å². The number of amides is 3. The molecule has 0 aliphatic carbocycles. The Bertz CT molecular complexity index is 961. The highest BCUT2D eigenvalue weighted by molar-refractivity contribution is 7.97. The molecule has 2 aromatic heterocycles. The van der Waals surface area contributed by atoms with Gasteiger partial charge in [0.05, 0.1) is 33.6 Å². The van der Waals surface area contributed by atoms with E-state index in [1.807, 2.05) is 6.92 Å². The number of nitrogens with one attached hydrogen (secondary N) is 2. The Morgan fingerprint density at radius 1 is 1.52 bits per heavy atom. The van der Waals surface area contributed by atoms with E-state index in [0.29, 0.717) is 5.69 Å². The molecule has 0 unspecified atom stereocenters. The van der Waals surface area contributed by atoms with Crippen LogP contribution in [0.25, 0.3) is 0 Å². The van der Waals surface area contributed by atoms with Gasteiger partial charge in [-0.3, -0.25) is 19.1 Å². The fraction of sp³-hybridized carbons (Fsp3) is 0.235. The average Bonchev–Trinajstić information content (AvgIpc) is 2.62. The number of aromatic nitrogens is 2. The first-order valence-electron chi connectivity index (χ1n) is 7.96. The molecular formula is C17H15FN6O2S. The Morgan fingerprint density at radius 3 is 3.00 bits per heavy atom. The molecule has 10 heteroatoms. The molecule has 1 aliphatic heterocycles. The summed E-state index contributed by atoms with van der Waals surface area (Å²) in [5.74, 6) is -1.15. The minimum absolute atomic E-state index is 0.0171. The molecular weight excluding hydrogens is 371 g/mol. The second-order valence-electron chi connectivity index (χ2n) is 5.82. The van der Waals surface area contributed by atoms with Crippen LogP contribution in [0.1, 0.15) is 29.9 Å². The maximum atomic E-state index is 14.0. The zero-order valence-corrected chi connectivity index (χ0v) is 15.3. The summed E-state index contributed by atoms with van der Waals surface area (Å²) in [5.41, 5.74) is 1.49. The number of hydrogen-bond donors (Lipinski definition) is 2. The molecule has 0 saturated carbocycles. The van der Waals surface area contributed by atoms with Gasteiger partial charge in [-0.25, -0.2) is 9.18 Å². The van der Waals surface area contributed by atoms with Gasteiger partial charge in [0.15, 0.2) is 0 Å². The monoisotopic (exact) mass is 386 g/mol. The number of pyridine rings is 2.